The summed E-state index contributed by atoms with van der Waals surface area (Å²) in [5.41, 5.74) is 9.84. The molecular formula is C27H42N2O3. The van der Waals surface area contributed by atoms with Crippen molar-refractivity contribution in [3.8, 4) is 11.5 Å². The number of pyridine rings is 1. The van der Waals surface area contributed by atoms with E-state index >= 15 is 0 Å². The van der Waals surface area contributed by atoms with E-state index in [9.17, 15) is 4.79 Å². The van der Waals surface area contributed by atoms with Gasteiger partial charge in [0.2, 0.25) is 0 Å². The molecule has 0 atom stereocenters. The molecule has 1 heterocycles. The molecule has 0 unspecified atom stereocenters. The van der Waals surface area contributed by atoms with Crippen LogP contribution in [0.3, 0.4) is 0 Å². The first-order valence-corrected chi connectivity index (χ1v) is 11.5. The molecule has 32 heavy (non-hydrogen) atoms. The molecular weight excluding hydrogens is 400 g/mol. The predicted octanol–water partition coefficient (Wildman–Crippen LogP) is 6.48. The Labute approximate surface area is 195 Å². The van der Waals surface area contributed by atoms with E-state index in [1.807, 2.05) is 45.0 Å². The second kappa shape index (κ2) is 16.0. The van der Waals surface area contributed by atoms with E-state index in [-0.39, 0.29) is 5.78 Å². The Kier molecular flexibility index (Phi) is 14.7. The number of benzene rings is 1. The topological polar surface area (TPSA) is 74.4 Å². The maximum atomic E-state index is 11.9. The maximum absolute atomic E-state index is 11.9. The Hall–Kier alpha value is -2.66. The van der Waals surface area contributed by atoms with Crippen molar-refractivity contribution >= 4 is 11.4 Å². The van der Waals surface area contributed by atoms with Crippen molar-refractivity contribution in [3.63, 3.8) is 0 Å². The summed E-state index contributed by atoms with van der Waals surface area (Å²) < 4.78 is 11.1. The number of allylic oxidation sites excluding steroid dienone is 1. The van der Waals surface area contributed by atoms with E-state index < -0.39 is 0 Å². The summed E-state index contributed by atoms with van der Waals surface area (Å²) in [6, 6.07) is 6.27. The molecule has 5 nitrogen and oxygen atoms in total. The van der Waals surface area contributed by atoms with Gasteiger partial charge in [-0.15, -0.1) is 0 Å². The number of ether oxygens (including phenoxy) is 2. The van der Waals surface area contributed by atoms with Gasteiger partial charge in [-0.2, -0.15) is 0 Å². The molecule has 0 aliphatic rings. The largest absolute Gasteiger partial charge is 0.496 e. The van der Waals surface area contributed by atoms with E-state index in [2.05, 4.69) is 25.8 Å². The van der Waals surface area contributed by atoms with Crippen LogP contribution in [0.1, 0.15) is 88.4 Å². The van der Waals surface area contributed by atoms with E-state index in [1.54, 1.807) is 33.5 Å². The van der Waals surface area contributed by atoms with Gasteiger partial charge in [-0.05, 0) is 68.0 Å². The SMILES string of the molecule is C/C=C(/c1cc(OC)c(CC)c(OC)c1)c1ccncc1C(C)=O.CC.CCC(N)CC. The molecule has 178 valence electrons. The van der Waals surface area contributed by atoms with Gasteiger partial charge >= 0.3 is 0 Å². The lowest BCUT2D eigenvalue weighted by molar-refractivity contribution is 0.101. The number of rotatable bonds is 8. The average Bonchev–Trinajstić information content (AvgIpc) is 2.84. The van der Waals surface area contributed by atoms with Crippen LogP contribution in [0.4, 0.5) is 0 Å². The summed E-state index contributed by atoms with van der Waals surface area (Å²) in [5.74, 6) is 1.55. The van der Waals surface area contributed by atoms with Crippen LogP contribution in [-0.2, 0) is 6.42 Å². The third-order valence-corrected chi connectivity index (χ3v) is 5.10. The van der Waals surface area contributed by atoms with Crippen LogP contribution in [-0.4, -0.2) is 31.0 Å². The van der Waals surface area contributed by atoms with Gasteiger partial charge in [-0.1, -0.05) is 40.7 Å². The van der Waals surface area contributed by atoms with Crippen molar-refractivity contribution in [3.05, 3.63) is 58.9 Å². The van der Waals surface area contributed by atoms with Crippen molar-refractivity contribution < 1.29 is 14.3 Å². The highest BCUT2D eigenvalue weighted by Gasteiger charge is 2.17. The molecule has 0 radical (unpaired) electrons. The summed E-state index contributed by atoms with van der Waals surface area (Å²) in [7, 11) is 3.31. The number of ketones is 1. The fraction of sp³-hybridized carbons (Fsp3) is 0.481. The molecule has 0 aliphatic heterocycles. The molecule has 0 saturated heterocycles. The number of Topliss-reactive ketones (excluding diaryl/α,β-unsaturated/α-hetero) is 1. The molecule has 1 aromatic heterocycles. The first kappa shape index (κ1) is 29.3. The highest BCUT2D eigenvalue weighted by Crippen LogP contribution is 2.36. The second-order valence-electron chi connectivity index (χ2n) is 6.97. The van der Waals surface area contributed by atoms with Crippen molar-refractivity contribution in [2.24, 2.45) is 5.73 Å². The Bertz CT molecular complexity index is 831. The molecule has 0 fully saturated rings. The van der Waals surface area contributed by atoms with Crippen LogP contribution in [0, 0.1) is 0 Å². The van der Waals surface area contributed by atoms with Crippen molar-refractivity contribution in [2.45, 2.75) is 73.8 Å². The summed E-state index contributed by atoms with van der Waals surface area (Å²) in [4.78, 5) is 16.0. The lowest BCUT2D eigenvalue weighted by atomic mass is 9.92. The number of methoxy groups -OCH3 is 2. The van der Waals surface area contributed by atoms with Crippen molar-refractivity contribution in [1.29, 1.82) is 0 Å². The minimum Gasteiger partial charge on any atom is -0.496 e. The summed E-state index contributed by atoms with van der Waals surface area (Å²) in [6.45, 7) is 13.8. The predicted molar refractivity (Wildman–Crippen MR) is 136 cm³/mol. The zero-order chi connectivity index (χ0) is 24.7. The smallest absolute Gasteiger partial charge is 0.161 e. The van der Waals surface area contributed by atoms with Crippen LogP contribution in [0.5, 0.6) is 11.5 Å². The van der Waals surface area contributed by atoms with Gasteiger partial charge < -0.3 is 15.2 Å². The first-order chi connectivity index (χ1) is 15.4. The molecule has 2 rings (SSSR count). The van der Waals surface area contributed by atoms with Crippen LogP contribution in [0.15, 0.2) is 36.7 Å². The van der Waals surface area contributed by atoms with E-state index in [1.165, 1.54) is 0 Å². The maximum Gasteiger partial charge on any atom is 0.161 e. The van der Waals surface area contributed by atoms with Gasteiger partial charge in [0.05, 0.1) is 14.2 Å². The zero-order valence-electron chi connectivity index (χ0n) is 21.4. The Balaban J connectivity index is 0.00000104. The summed E-state index contributed by atoms with van der Waals surface area (Å²) >= 11 is 0. The molecule has 0 aliphatic carbocycles. The minimum absolute atomic E-state index is 0.0124. The summed E-state index contributed by atoms with van der Waals surface area (Å²) in [5, 5.41) is 0. The standard InChI is InChI=1S/C20H23NO3.C5H13N.C2H6/c1-6-15(17-8-9-21-12-18(17)13(3)22)14-10-19(23-4)16(7-2)20(11-14)24-5;1-3-5(6)4-2;1-2/h6,8-12H,7H2,1-5H3;5H,3-4,6H2,1-2H3;1-2H3/b15-6-;;. The van der Waals surface area contributed by atoms with E-state index in [4.69, 9.17) is 15.2 Å². The van der Waals surface area contributed by atoms with E-state index in [0.29, 0.717) is 11.6 Å². The average molecular weight is 443 g/mol. The monoisotopic (exact) mass is 442 g/mol. The highest BCUT2D eigenvalue weighted by molar-refractivity contribution is 6.00. The highest BCUT2D eigenvalue weighted by atomic mass is 16.5. The Morgan fingerprint density at radius 3 is 1.94 bits per heavy atom. The number of hydrogen-bond donors (Lipinski definition) is 1. The van der Waals surface area contributed by atoms with Gasteiger partial charge in [0.25, 0.3) is 0 Å². The third kappa shape index (κ3) is 8.12. The van der Waals surface area contributed by atoms with Crippen molar-refractivity contribution in [2.75, 3.05) is 14.2 Å². The second-order valence-corrected chi connectivity index (χ2v) is 6.97. The molecule has 0 saturated carbocycles. The van der Waals surface area contributed by atoms with Crippen LogP contribution < -0.4 is 15.2 Å². The molecule has 1 aromatic carbocycles. The quantitative estimate of drug-likeness (QED) is 0.474. The lowest BCUT2D eigenvalue weighted by Crippen LogP contribution is -2.16. The van der Waals surface area contributed by atoms with Crippen LogP contribution in [0.2, 0.25) is 0 Å². The number of carbonyl (C=O) groups is 1. The number of hydrogen-bond acceptors (Lipinski definition) is 5. The fourth-order valence-electron chi connectivity index (χ4n) is 3.16. The Morgan fingerprint density at radius 2 is 1.59 bits per heavy atom. The van der Waals surface area contributed by atoms with Gasteiger partial charge in [0.15, 0.2) is 5.78 Å². The zero-order valence-corrected chi connectivity index (χ0v) is 21.4. The molecule has 0 bridgehead atoms. The van der Waals surface area contributed by atoms with Crippen LogP contribution in [0.25, 0.3) is 5.57 Å². The van der Waals surface area contributed by atoms with Gasteiger partial charge in [-0.3, -0.25) is 9.78 Å². The minimum atomic E-state index is -0.0124. The third-order valence-electron chi connectivity index (χ3n) is 5.10. The number of nitrogens with two attached hydrogens (primary N) is 1. The molecule has 0 spiro atoms. The number of nitrogens with zero attached hydrogens (tertiary/aromatic N) is 1. The first-order valence-electron chi connectivity index (χ1n) is 11.5. The normalized spacial score (nSPS) is 10.5. The van der Waals surface area contributed by atoms with Gasteiger partial charge in [0, 0.05) is 29.6 Å². The van der Waals surface area contributed by atoms with E-state index in [0.717, 1.165) is 53.0 Å². The molecule has 5 heteroatoms. The van der Waals surface area contributed by atoms with Gasteiger partial charge in [0.1, 0.15) is 11.5 Å². The van der Waals surface area contributed by atoms with Gasteiger partial charge in [-0.25, -0.2) is 0 Å². The number of carbonyl (C=O) groups excluding carboxylic acids is 1. The van der Waals surface area contributed by atoms with Crippen LogP contribution >= 0.6 is 0 Å². The molecule has 2 N–H and O–H groups in total. The Morgan fingerprint density at radius 1 is 1.06 bits per heavy atom. The fourth-order valence-corrected chi connectivity index (χ4v) is 3.16. The molecule has 0 amide bonds. The molecule has 2 aromatic rings. The number of aromatic nitrogens is 1. The lowest BCUT2D eigenvalue weighted by Gasteiger charge is -2.17. The van der Waals surface area contributed by atoms with Crippen molar-refractivity contribution in [1.82, 2.24) is 4.98 Å². The summed E-state index contributed by atoms with van der Waals surface area (Å²) in [6.07, 6.45) is 8.32.